The van der Waals surface area contributed by atoms with Gasteiger partial charge >= 0.3 is 12.1 Å². The van der Waals surface area contributed by atoms with E-state index in [4.69, 9.17) is 9.47 Å². The molecule has 1 N–H and O–H groups in total. The van der Waals surface area contributed by atoms with Gasteiger partial charge in [0, 0.05) is 13.1 Å². The van der Waals surface area contributed by atoms with E-state index in [0.717, 1.165) is 4.90 Å². The minimum absolute atomic E-state index is 0.0188. The van der Waals surface area contributed by atoms with Gasteiger partial charge in [-0.15, -0.1) is 0 Å². The van der Waals surface area contributed by atoms with E-state index >= 15 is 0 Å². The summed E-state index contributed by atoms with van der Waals surface area (Å²) in [5, 5.41) is 2.56. The van der Waals surface area contributed by atoms with Crippen molar-refractivity contribution in [2.45, 2.75) is 45.4 Å². The highest BCUT2D eigenvalue weighted by Crippen LogP contribution is 2.33. The zero-order chi connectivity index (χ0) is 24.3. The predicted molar refractivity (Wildman–Crippen MR) is 112 cm³/mol. The number of alkyl carbamates (subject to hydrolysis) is 1. The minimum Gasteiger partial charge on any atom is -0.457 e. The highest BCUT2D eigenvalue weighted by molar-refractivity contribution is 5.90. The zero-order valence-electron chi connectivity index (χ0n) is 18.4. The first-order valence-corrected chi connectivity index (χ1v) is 10.3. The van der Waals surface area contributed by atoms with E-state index in [2.05, 4.69) is 5.32 Å². The molecule has 0 aromatic heterocycles. The molecule has 1 unspecified atom stereocenters. The van der Waals surface area contributed by atoms with Crippen LogP contribution >= 0.6 is 0 Å². The smallest absolute Gasteiger partial charge is 0.407 e. The van der Waals surface area contributed by atoms with E-state index in [0.29, 0.717) is 5.56 Å². The van der Waals surface area contributed by atoms with Gasteiger partial charge < -0.3 is 19.7 Å². The number of halogens is 4. The minimum atomic E-state index is -1.84. The SMILES string of the molecule is CC(C)(C)OC(=O)NC1CCN(c2c(F)c(F)c(C(=O)OCc3ccccc3)c(F)c2F)C1. The van der Waals surface area contributed by atoms with E-state index in [1.54, 1.807) is 51.1 Å². The monoisotopic (exact) mass is 468 g/mol. The van der Waals surface area contributed by atoms with Crippen LogP contribution in [0.25, 0.3) is 0 Å². The number of rotatable bonds is 5. The quantitative estimate of drug-likeness (QED) is 0.391. The van der Waals surface area contributed by atoms with Crippen LogP contribution in [-0.2, 0) is 16.1 Å². The maximum absolute atomic E-state index is 14.7. The molecule has 1 aliphatic rings. The van der Waals surface area contributed by atoms with Crippen LogP contribution in [0.3, 0.4) is 0 Å². The van der Waals surface area contributed by atoms with Crippen LogP contribution < -0.4 is 10.2 Å². The van der Waals surface area contributed by atoms with Crippen LogP contribution in [0.15, 0.2) is 30.3 Å². The van der Waals surface area contributed by atoms with Crippen LogP contribution in [0.2, 0.25) is 0 Å². The molecule has 2 aromatic rings. The maximum Gasteiger partial charge on any atom is 0.407 e. The zero-order valence-corrected chi connectivity index (χ0v) is 18.4. The van der Waals surface area contributed by atoms with E-state index in [-0.39, 0.29) is 26.1 Å². The van der Waals surface area contributed by atoms with Gasteiger partial charge in [0.15, 0.2) is 23.3 Å². The number of hydrogen-bond donors (Lipinski definition) is 1. The number of esters is 1. The molecule has 1 fully saturated rings. The van der Waals surface area contributed by atoms with Crippen LogP contribution in [0.4, 0.5) is 28.0 Å². The third kappa shape index (κ3) is 5.74. The molecule has 178 valence electrons. The molecule has 0 aliphatic carbocycles. The molecule has 1 amide bonds. The Labute approximate surface area is 188 Å². The molecule has 33 heavy (non-hydrogen) atoms. The summed E-state index contributed by atoms with van der Waals surface area (Å²) in [6, 6.07) is 7.72. The molecule has 0 radical (unpaired) electrons. The molecule has 6 nitrogen and oxygen atoms in total. The van der Waals surface area contributed by atoms with Crippen LogP contribution in [0, 0.1) is 23.3 Å². The van der Waals surface area contributed by atoms with Crippen molar-refractivity contribution in [3.63, 3.8) is 0 Å². The Kier molecular flexibility index (Phi) is 7.14. The molecule has 1 saturated heterocycles. The van der Waals surface area contributed by atoms with E-state index in [9.17, 15) is 27.2 Å². The predicted octanol–water partition coefficient (Wildman–Crippen LogP) is 4.70. The molecular weight excluding hydrogens is 444 g/mol. The lowest BCUT2D eigenvalue weighted by Gasteiger charge is -2.23. The van der Waals surface area contributed by atoms with Crippen molar-refractivity contribution >= 4 is 17.7 Å². The molecular formula is C23H24F4N2O4. The molecule has 3 rings (SSSR count). The summed E-state index contributed by atoms with van der Waals surface area (Å²) in [6.07, 6.45) is -0.452. The van der Waals surface area contributed by atoms with Crippen molar-refractivity contribution in [3.05, 3.63) is 64.7 Å². The second-order valence-electron chi connectivity index (χ2n) is 8.62. The lowest BCUT2D eigenvalue weighted by atomic mass is 10.1. The average Bonchev–Trinajstić information content (AvgIpc) is 3.18. The lowest BCUT2D eigenvalue weighted by molar-refractivity contribution is 0.0456. The number of carbonyl (C=O) groups is 2. The first-order chi connectivity index (χ1) is 15.5. The summed E-state index contributed by atoms with van der Waals surface area (Å²) in [6.45, 7) is 4.62. The van der Waals surface area contributed by atoms with Crippen LogP contribution in [-0.4, -0.2) is 36.8 Å². The number of amides is 1. The summed E-state index contributed by atoms with van der Waals surface area (Å²) in [4.78, 5) is 25.2. The molecule has 1 aliphatic heterocycles. The van der Waals surface area contributed by atoms with E-state index in [1.807, 2.05) is 0 Å². The number of benzene rings is 2. The van der Waals surface area contributed by atoms with Crippen molar-refractivity contribution in [2.24, 2.45) is 0 Å². The number of carbonyl (C=O) groups excluding carboxylic acids is 2. The summed E-state index contributed by atoms with van der Waals surface area (Å²) >= 11 is 0. The van der Waals surface area contributed by atoms with Gasteiger partial charge in [-0.3, -0.25) is 0 Å². The summed E-state index contributed by atoms with van der Waals surface area (Å²) in [5.41, 5.74) is -2.59. The summed E-state index contributed by atoms with van der Waals surface area (Å²) in [5.74, 6) is -8.63. The Morgan fingerprint density at radius 3 is 2.21 bits per heavy atom. The van der Waals surface area contributed by atoms with E-state index < -0.39 is 58.2 Å². The Bertz CT molecular complexity index is 1010. The largest absolute Gasteiger partial charge is 0.457 e. The van der Waals surface area contributed by atoms with Crippen LogP contribution in [0.1, 0.15) is 43.1 Å². The van der Waals surface area contributed by atoms with Gasteiger partial charge in [0.05, 0.1) is 6.04 Å². The van der Waals surface area contributed by atoms with Crippen molar-refractivity contribution < 1.29 is 36.6 Å². The summed E-state index contributed by atoms with van der Waals surface area (Å²) in [7, 11) is 0. The molecule has 10 heteroatoms. The standard InChI is InChI=1S/C23H24F4N2O4/c1-23(2,3)33-22(31)28-14-9-10-29(11-14)20-18(26)16(24)15(17(25)19(20)27)21(30)32-12-13-7-5-4-6-8-13/h4-8,14H,9-12H2,1-3H3,(H,28,31). The molecule has 1 atom stereocenters. The third-order valence-electron chi connectivity index (χ3n) is 4.88. The molecule has 1 heterocycles. The molecule has 0 saturated carbocycles. The molecule has 0 bridgehead atoms. The number of nitrogens with one attached hydrogen (secondary N) is 1. The van der Waals surface area contributed by atoms with Gasteiger partial charge in [0.25, 0.3) is 0 Å². The fraction of sp³-hybridized carbons (Fsp3) is 0.391. The number of ether oxygens (including phenoxy) is 2. The Morgan fingerprint density at radius 2 is 1.64 bits per heavy atom. The fourth-order valence-electron chi connectivity index (χ4n) is 3.43. The van der Waals surface area contributed by atoms with Gasteiger partial charge in [0.1, 0.15) is 23.5 Å². The average molecular weight is 468 g/mol. The number of anilines is 1. The van der Waals surface area contributed by atoms with Crippen LogP contribution in [0.5, 0.6) is 0 Å². The van der Waals surface area contributed by atoms with Crippen molar-refractivity contribution in [2.75, 3.05) is 18.0 Å². The summed E-state index contributed by atoms with van der Waals surface area (Å²) < 4.78 is 68.7. The number of hydrogen-bond acceptors (Lipinski definition) is 5. The molecule has 2 aromatic carbocycles. The normalized spacial score (nSPS) is 16.0. The second kappa shape index (κ2) is 9.68. The van der Waals surface area contributed by atoms with Crippen molar-refractivity contribution in [1.29, 1.82) is 0 Å². The topological polar surface area (TPSA) is 67.9 Å². The highest BCUT2D eigenvalue weighted by Gasteiger charge is 2.35. The third-order valence-corrected chi connectivity index (χ3v) is 4.88. The molecule has 0 spiro atoms. The lowest BCUT2D eigenvalue weighted by Crippen LogP contribution is -2.40. The van der Waals surface area contributed by atoms with Gasteiger partial charge in [-0.25, -0.2) is 27.2 Å². The fourth-order valence-corrected chi connectivity index (χ4v) is 3.43. The van der Waals surface area contributed by atoms with Gasteiger partial charge in [-0.2, -0.15) is 0 Å². The number of nitrogens with zero attached hydrogens (tertiary/aromatic N) is 1. The van der Waals surface area contributed by atoms with Crippen molar-refractivity contribution in [3.8, 4) is 0 Å². The van der Waals surface area contributed by atoms with Gasteiger partial charge in [-0.05, 0) is 32.8 Å². The second-order valence-corrected chi connectivity index (χ2v) is 8.62. The Hall–Kier alpha value is -3.30. The Balaban J connectivity index is 1.75. The van der Waals surface area contributed by atoms with Gasteiger partial charge in [0.2, 0.25) is 0 Å². The Morgan fingerprint density at radius 1 is 1.03 bits per heavy atom. The van der Waals surface area contributed by atoms with Gasteiger partial charge in [-0.1, -0.05) is 30.3 Å². The van der Waals surface area contributed by atoms with Crippen molar-refractivity contribution in [1.82, 2.24) is 5.32 Å². The first-order valence-electron chi connectivity index (χ1n) is 10.3. The maximum atomic E-state index is 14.7. The highest BCUT2D eigenvalue weighted by atomic mass is 19.2. The van der Waals surface area contributed by atoms with E-state index in [1.165, 1.54) is 0 Å². The first kappa shape index (κ1) is 24.3.